The van der Waals surface area contributed by atoms with E-state index in [4.69, 9.17) is 0 Å². The van der Waals surface area contributed by atoms with E-state index in [0.29, 0.717) is 18.1 Å². The van der Waals surface area contributed by atoms with Gasteiger partial charge in [-0.15, -0.1) is 0 Å². The normalized spacial score (nSPS) is 11.7. The van der Waals surface area contributed by atoms with E-state index in [9.17, 15) is 8.42 Å². The molecule has 1 aromatic heterocycles. The van der Waals surface area contributed by atoms with Crippen LogP contribution >= 0.6 is 0 Å². The van der Waals surface area contributed by atoms with Crippen LogP contribution in [0.3, 0.4) is 0 Å². The van der Waals surface area contributed by atoms with Crippen LogP contribution in [0.15, 0.2) is 12.3 Å². The molecule has 0 aliphatic rings. The van der Waals surface area contributed by atoms with E-state index in [1.165, 1.54) is 0 Å². The van der Waals surface area contributed by atoms with Crippen molar-refractivity contribution in [3.63, 3.8) is 0 Å². The molecule has 0 saturated heterocycles. The highest BCUT2D eigenvalue weighted by Gasteiger charge is 2.09. The summed E-state index contributed by atoms with van der Waals surface area (Å²) in [6.45, 7) is 5.32. The van der Waals surface area contributed by atoms with E-state index in [2.05, 4.69) is 20.0 Å². The Bertz CT molecular complexity index is 462. The predicted molar refractivity (Wildman–Crippen MR) is 70.6 cm³/mol. The van der Waals surface area contributed by atoms with Gasteiger partial charge in [0, 0.05) is 12.7 Å². The molecule has 0 fully saturated rings. The molecular formula is C11H20N4O2S. The van der Waals surface area contributed by atoms with E-state index in [1.807, 2.05) is 6.92 Å². The monoisotopic (exact) mass is 272 g/mol. The van der Waals surface area contributed by atoms with E-state index < -0.39 is 10.0 Å². The van der Waals surface area contributed by atoms with Crippen molar-refractivity contribution in [1.82, 2.24) is 20.0 Å². The average molecular weight is 272 g/mol. The van der Waals surface area contributed by atoms with Gasteiger partial charge in [0.15, 0.2) is 0 Å². The zero-order valence-electron chi connectivity index (χ0n) is 10.8. The molecule has 0 radical (unpaired) electrons. The number of sulfonamides is 1. The predicted octanol–water partition coefficient (Wildman–Crippen LogP) is 0.204. The first-order chi connectivity index (χ1) is 8.53. The topological polar surface area (TPSA) is 84.0 Å². The summed E-state index contributed by atoms with van der Waals surface area (Å²) in [5.74, 6) is 0.716. The van der Waals surface area contributed by atoms with Crippen LogP contribution in [0.5, 0.6) is 0 Å². The van der Waals surface area contributed by atoms with E-state index >= 15 is 0 Å². The van der Waals surface area contributed by atoms with Gasteiger partial charge < -0.3 is 5.32 Å². The minimum absolute atomic E-state index is 0.0804. The summed E-state index contributed by atoms with van der Waals surface area (Å²) in [6, 6.07) is 1.70. The van der Waals surface area contributed by atoms with Gasteiger partial charge in [-0.1, -0.05) is 6.92 Å². The third kappa shape index (κ3) is 6.04. The summed E-state index contributed by atoms with van der Waals surface area (Å²) in [6.07, 6.45) is 2.61. The lowest BCUT2D eigenvalue weighted by molar-refractivity contribution is 0.575. The Morgan fingerprint density at radius 1 is 1.33 bits per heavy atom. The molecule has 0 amide bonds. The molecule has 6 nitrogen and oxygen atoms in total. The van der Waals surface area contributed by atoms with Crippen LogP contribution in [0.4, 0.5) is 0 Å². The second-order valence-corrected chi connectivity index (χ2v) is 5.91. The van der Waals surface area contributed by atoms with Gasteiger partial charge in [-0.25, -0.2) is 23.1 Å². The van der Waals surface area contributed by atoms with Crippen LogP contribution < -0.4 is 10.0 Å². The van der Waals surface area contributed by atoms with E-state index in [1.54, 1.807) is 19.2 Å². The number of rotatable bonds is 8. The summed E-state index contributed by atoms with van der Waals surface area (Å²) in [5.41, 5.74) is 0.674. The van der Waals surface area contributed by atoms with Crippen molar-refractivity contribution in [2.45, 2.75) is 26.8 Å². The highest BCUT2D eigenvalue weighted by molar-refractivity contribution is 7.89. The van der Waals surface area contributed by atoms with Crippen LogP contribution in [0.25, 0.3) is 0 Å². The maximum atomic E-state index is 11.7. The molecule has 0 aromatic carbocycles. The number of hydrogen-bond donors (Lipinski definition) is 2. The standard InChI is InChI=1S/C11H20N4O2S/c1-3-5-12-7-8-18(16,17)14-9-11-4-6-13-10(2)15-11/h4,6,12,14H,3,5,7-9H2,1-2H3. The molecule has 0 atom stereocenters. The first kappa shape index (κ1) is 15.0. The van der Waals surface area contributed by atoms with Gasteiger partial charge in [-0.3, -0.25) is 0 Å². The largest absolute Gasteiger partial charge is 0.316 e. The summed E-state index contributed by atoms with van der Waals surface area (Å²) in [7, 11) is -3.25. The Kier molecular flexibility index (Phi) is 6.17. The quantitative estimate of drug-likeness (QED) is 0.661. The van der Waals surface area contributed by atoms with Crippen LogP contribution in [-0.4, -0.2) is 37.2 Å². The minimum Gasteiger partial charge on any atom is -0.316 e. The Morgan fingerprint density at radius 2 is 2.11 bits per heavy atom. The molecule has 102 valence electrons. The number of nitrogens with one attached hydrogen (secondary N) is 2. The minimum atomic E-state index is -3.25. The van der Waals surface area contributed by atoms with Gasteiger partial charge in [0.2, 0.25) is 10.0 Å². The van der Waals surface area contributed by atoms with Crippen LogP contribution in [-0.2, 0) is 16.6 Å². The van der Waals surface area contributed by atoms with Crippen molar-refractivity contribution in [3.8, 4) is 0 Å². The molecule has 0 spiro atoms. The number of aryl methyl sites for hydroxylation is 1. The van der Waals surface area contributed by atoms with Crippen molar-refractivity contribution in [1.29, 1.82) is 0 Å². The second kappa shape index (κ2) is 7.40. The third-order valence-electron chi connectivity index (χ3n) is 2.28. The molecular weight excluding hydrogens is 252 g/mol. The van der Waals surface area contributed by atoms with Crippen molar-refractivity contribution in [2.75, 3.05) is 18.8 Å². The Balaban J connectivity index is 2.37. The van der Waals surface area contributed by atoms with Gasteiger partial charge >= 0.3 is 0 Å². The summed E-state index contributed by atoms with van der Waals surface area (Å²) < 4.78 is 25.8. The van der Waals surface area contributed by atoms with Gasteiger partial charge in [-0.05, 0) is 26.0 Å². The fraction of sp³-hybridized carbons (Fsp3) is 0.636. The third-order valence-corrected chi connectivity index (χ3v) is 3.61. The fourth-order valence-corrected chi connectivity index (χ4v) is 2.29. The molecule has 2 N–H and O–H groups in total. The van der Waals surface area contributed by atoms with Crippen LogP contribution in [0.2, 0.25) is 0 Å². The fourth-order valence-electron chi connectivity index (χ4n) is 1.37. The highest BCUT2D eigenvalue weighted by Crippen LogP contribution is 1.95. The van der Waals surface area contributed by atoms with Crippen molar-refractivity contribution < 1.29 is 8.42 Å². The van der Waals surface area contributed by atoms with Gasteiger partial charge in [0.05, 0.1) is 18.0 Å². The zero-order valence-corrected chi connectivity index (χ0v) is 11.6. The molecule has 0 aliphatic carbocycles. The first-order valence-corrected chi connectivity index (χ1v) is 7.65. The number of aromatic nitrogens is 2. The summed E-state index contributed by atoms with van der Waals surface area (Å²) in [4.78, 5) is 8.09. The number of nitrogens with zero attached hydrogens (tertiary/aromatic N) is 2. The number of hydrogen-bond acceptors (Lipinski definition) is 5. The molecule has 0 saturated carbocycles. The van der Waals surface area contributed by atoms with E-state index in [0.717, 1.165) is 13.0 Å². The Labute approximate surface area is 108 Å². The molecule has 0 unspecified atom stereocenters. The van der Waals surface area contributed by atoms with E-state index in [-0.39, 0.29) is 12.3 Å². The van der Waals surface area contributed by atoms with Gasteiger partial charge in [0.1, 0.15) is 5.82 Å². The van der Waals surface area contributed by atoms with Gasteiger partial charge in [-0.2, -0.15) is 0 Å². The molecule has 1 rings (SSSR count). The maximum absolute atomic E-state index is 11.7. The molecule has 0 bridgehead atoms. The summed E-state index contributed by atoms with van der Waals surface area (Å²) in [5, 5.41) is 3.05. The second-order valence-electron chi connectivity index (χ2n) is 3.99. The van der Waals surface area contributed by atoms with Crippen molar-refractivity contribution >= 4 is 10.0 Å². The zero-order chi connectivity index (χ0) is 13.4. The van der Waals surface area contributed by atoms with Crippen LogP contribution in [0.1, 0.15) is 24.9 Å². The maximum Gasteiger partial charge on any atom is 0.213 e. The SMILES string of the molecule is CCCNCCS(=O)(=O)NCc1ccnc(C)n1. The summed E-state index contributed by atoms with van der Waals surface area (Å²) >= 11 is 0. The Morgan fingerprint density at radius 3 is 2.78 bits per heavy atom. The van der Waals surface area contributed by atoms with Crippen molar-refractivity contribution in [3.05, 3.63) is 23.8 Å². The van der Waals surface area contributed by atoms with Crippen molar-refractivity contribution in [2.24, 2.45) is 0 Å². The van der Waals surface area contributed by atoms with Gasteiger partial charge in [0.25, 0.3) is 0 Å². The average Bonchev–Trinajstić information content (AvgIpc) is 2.33. The highest BCUT2D eigenvalue weighted by atomic mass is 32.2. The lowest BCUT2D eigenvalue weighted by Gasteiger charge is -2.07. The first-order valence-electron chi connectivity index (χ1n) is 6.00. The lowest BCUT2D eigenvalue weighted by atomic mass is 10.4. The van der Waals surface area contributed by atoms with Crippen LogP contribution in [0, 0.1) is 6.92 Å². The lowest BCUT2D eigenvalue weighted by Crippen LogP contribution is -2.32. The molecule has 1 aromatic rings. The smallest absolute Gasteiger partial charge is 0.213 e. The molecule has 0 aliphatic heterocycles. The molecule has 7 heteroatoms. The molecule has 1 heterocycles. The molecule has 18 heavy (non-hydrogen) atoms. The Hall–Kier alpha value is -1.05.